The molecular formula is C8H14F3NO. The van der Waals surface area contributed by atoms with Gasteiger partial charge in [-0.2, -0.15) is 13.2 Å². The van der Waals surface area contributed by atoms with Crippen LogP contribution in [0.4, 0.5) is 13.2 Å². The van der Waals surface area contributed by atoms with Gasteiger partial charge in [-0.25, -0.2) is 0 Å². The Morgan fingerprint density at radius 2 is 1.85 bits per heavy atom. The van der Waals surface area contributed by atoms with Gasteiger partial charge in [-0.1, -0.05) is 13.8 Å². The van der Waals surface area contributed by atoms with E-state index in [2.05, 4.69) is 0 Å². The normalized spacial score (nSPS) is 19.3. The van der Waals surface area contributed by atoms with Crippen LogP contribution in [0, 0.1) is 5.92 Å². The highest BCUT2D eigenvalue weighted by molar-refractivity contribution is 5.90. The molecule has 13 heavy (non-hydrogen) atoms. The molecule has 0 radical (unpaired) electrons. The van der Waals surface area contributed by atoms with Gasteiger partial charge in [-0.3, -0.25) is 4.79 Å². The van der Waals surface area contributed by atoms with Crippen molar-refractivity contribution in [1.82, 2.24) is 0 Å². The Morgan fingerprint density at radius 1 is 1.46 bits per heavy atom. The van der Waals surface area contributed by atoms with E-state index in [1.807, 2.05) is 0 Å². The van der Waals surface area contributed by atoms with Crippen molar-refractivity contribution in [3.05, 3.63) is 0 Å². The first-order valence-electron chi connectivity index (χ1n) is 4.04. The molecule has 0 saturated carbocycles. The highest BCUT2D eigenvalue weighted by atomic mass is 19.4. The van der Waals surface area contributed by atoms with Crippen molar-refractivity contribution < 1.29 is 18.0 Å². The van der Waals surface area contributed by atoms with Crippen LogP contribution < -0.4 is 5.73 Å². The Kier molecular flexibility index (Phi) is 3.49. The molecule has 5 heteroatoms. The van der Waals surface area contributed by atoms with Crippen LogP contribution in [0.25, 0.3) is 0 Å². The predicted molar refractivity (Wildman–Crippen MR) is 43.1 cm³/mol. The third kappa shape index (κ3) is 2.43. The summed E-state index contributed by atoms with van der Waals surface area (Å²) in [5.74, 6) is -1.61. The lowest BCUT2D eigenvalue weighted by Crippen LogP contribution is -2.58. The minimum absolute atomic E-state index is 0.363. The second-order valence-corrected chi connectivity index (χ2v) is 3.37. The van der Waals surface area contributed by atoms with Crippen molar-refractivity contribution in [2.24, 2.45) is 11.7 Å². The minimum Gasteiger partial charge on any atom is -0.312 e. The molecule has 0 aromatic carbocycles. The standard InChI is InChI=1S/C8H14F3NO/c1-4-5(2)6(13)7(3,12)8(9,10)11/h5H,4,12H2,1-3H3. The SMILES string of the molecule is CCC(C)C(=O)C(C)(N)C(F)(F)F. The van der Waals surface area contributed by atoms with Crippen LogP contribution in [0.1, 0.15) is 27.2 Å². The zero-order valence-corrected chi connectivity index (χ0v) is 7.90. The molecule has 2 nitrogen and oxygen atoms in total. The van der Waals surface area contributed by atoms with Crippen molar-refractivity contribution in [3.8, 4) is 0 Å². The highest BCUT2D eigenvalue weighted by Gasteiger charge is 2.54. The van der Waals surface area contributed by atoms with E-state index in [1.54, 1.807) is 6.92 Å². The number of carbonyl (C=O) groups is 1. The third-order valence-corrected chi connectivity index (χ3v) is 2.16. The molecule has 2 atom stereocenters. The molecular weight excluding hydrogens is 183 g/mol. The van der Waals surface area contributed by atoms with Gasteiger partial charge in [0, 0.05) is 5.92 Å². The fraction of sp³-hybridized carbons (Fsp3) is 0.875. The Balaban J connectivity index is 4.75. The molecule has 0 aromatic heterocycles. The van der Waals surface area contributed by atoms with Crippen molar-refractivity contribution in [2.45, 2.75) is 38.9 Å². The van der Waals surface area contributed by atoms with Crippen molar-refractivity contribution in [3.63, 3.8) is 0 Å². The first-order chi connectivity index (χ1) is 5.64. The summed E-state index contributed by atoms with van der Waals surface area (Å²) in [6.07, 6.45) is -4.31. The maximum Gasteiger partial charge on any atom is 0.413 e. The molecule has 2 unspecified atom stereocenters. The number of rotatable bonds is 3. The van der Waals surface area contributed by atoms with E-state index in [-0.39, 0.29) is 0 Å². The maximum atomic E-state index is 12.2. The quantitative estimate of drug-likeness (QED) is 0.750. The van der Waals surface area contributed by atoms with Gasteiger partial charge in [0.25, 0.3) is 0 Å². The fourth-order valence-electron chi connectivity index (χ4n) is 0.837. The number of hydrogen-bond acceptors (Lipinski definition) is 2. The fourth-order valence-corrected chi connectivity index (χ4v) is 0.837. The van der Waals surface area contributed by atoms with Crippen molar-refractivity contribution in [2.75, 3.05) is 0 Å². The minimum atomic E-state index is -4.67. The topological polar surface area (TPSA) is 43.1 Å². The average Bonchev–Trinajstić information content (AvgIpc) is 1.99. The van der Waals surface area contributed by atoms with E-state index < -0.39 is 23.4 Å². The number of ketones is 1. The van der Waals surface area contributed by atoms with E-state index in [9.17, 15) is 18.0 Å². The number of nitrogens with two attached hydrogens (primary N) is 1. The molecule has 78 valence electrons. The lowest BCUT2D eigenvalue weighted by atomic mass is 9.87. The van der Waals surface area contributed by atoms with Gasteiger partial charge in [0.15, 0.2) is 11.3 Å². The van der Waals surface area contributed by atoms with Crippen molar-refractivity contribution >= 4 is 5.78 Å². The first kappa shape index (κ1) is 12.4. The van der Waals surface area contributed by atoms with Crippen LogP contribution in [0.15, 0.2) is 0 Å². The lowest BCUT2D eigenvalue weighted by molar-refractivity contribution is -0.188. The first-order valence-corrected chi connectivity index (χ1v) is 4.04. The third-order valence-electron chi connectivity index (χ3n) is 2.16. The Bertz CT molecular complexity index is 198. The van der Waals surface area contributed by atoms with Crippen LogP contribution >= 0.6 is 0 Å². The van der Waals surface area contributed by atoms with Crippen LogP contribution in [0.5, 0.6) is 0 Å². The van der Waals surface area contributed by atoms with Gasteiger partial charge < -0.3 is 5.73 Å². The predicted octanol–water partition coefficient (Wildman–Crippen LogP) is 1.88. The lowest BCUT2D eigenvalue weighted by Gasteiger charge is -2.28. The van der Waals surface area contributed by atoms with Gasteiger partial charge in [-0.15, -0.1) is 0 Å². The van der Waals surface area contributed by atoms with Crippen LogP contribution in [-0.2, 0) is 4.79 Å². The average molecular weight is 197 g/mol. The Labute approximate surface area is 75.3 Å². The summed E-state index contributed by atoms with van der Waals surface area (Å²) in [6, 6.07) is 0. The van der Waals surface area contributed by atoms with E-state index >= 15 is 0 Å². The summed E-state index contributed by atoms with van der Waals surface area (Å²) in [5, 5.41) is 0. The Hall–Kier alpha value is -0.580. The maximum absolute atomic E-state index is 12.2. The van der Waals surface area contributed by atoms with Gasteiger partial charge in [0.05, 0.1) is 0 Å². The zero-order valence-electron chi connectivity index (χ0n) is 7.90. The molecule has 0 amide bonds. The van der Waals surface area contributed by atoms with Crippen molar-refractivity contribution in [1.29, 1.82) is 0 Å². The highest BCUT2D eigenvalue weighted by Crippen LogP contribution is 2.31. The molecule has 0 aliphatic carbocycles. The second kappa shape index (κ2) is 3.65. The molecule has 0 spiro atoms. The van der Waals surface area contributed by atoms with E-state index in [1.165, 1.54) is 6.92 Å². The number of halogens is 3. The van der Waals surface area contributed by atoms with E-state index in [0.717, 1.165) is 0 Å². The number of alkyl halides is 3. The molecule has 2 N–H and O–H groups in total. The monoisotopic (exact) mass is 197 g/mol. The molecule has 0 fully saturated rings. The largest absolute Gasteiger partial charge is 0.413 e. The van der Waals surface area contributed by atoms with Gasteiger partial charge in [-0.05, 0) is 13.3 Å². The smallest absolute Gasteiger partial charge is 0.312 e. The summed E-state index contributed by atoms with van der Waals surface area (Å²) in [4.78, 5) is 11.2. The summed E-state index contributed by atoms with van der Waals surface area (Å²) in [5.41, 5.74) is 2.22. The number of hydrogen-bond donors (Lipinski definition) is 1. The van der Waals surface area contributed by atoms with Gasteiger partial charge in [0.2, 0.25) is 0 Å². The zero-order chi connectivity index (χ0) is 10.9. The summed E-state index contributed by atoms with van der Waals surface area (Å²) in [7, 11) is 0. The molecule has 0 aromatic rings. The van der Waals surface area contributed by atoms with E-state index in [0.29, 0.717) is 13.3 Å². The van der Waals surface area contributed by atoms with Gasteiger partial charge in [0.1, 0.15) is 0 Å². The van der Waals surface area contributed by atoms with E-state index in [4.69, 9.17) is 5.73 Å². The Morgan fingerprint density at radius 3 is 2.08 bits per heavy atom. The van der Waals surface area contributed by atoms with Gasteiger partial charge >= 0.3 is 6.18 Å². The summed E-state index contributed by atoms with van der Waals surface area (Å²) in [6.45, 7) is 3.80. The van der Waals surface area contributed by atoms with Crippen LogP contribution in [0.2, 0.25) is 0 Å². The number of carbonyl (C=O) groups excluding carboxylic acids is 1. The molecule has 0 aliphatic rings. The molecule has 0 saturated heterocycles. The van der Waals surface area contributed by atoms with Crippen LogP contribution in [-0.4, -0.2) is 17.5 Å². The molecule has 0 aliphatic heterocycles. The summed E-state index contributed by atoms with van der Waals surface area (Å²) >= 11 is 0. The second-order valence-electron chi connectivity index (χ2n) is 3.37. The summed E-state index contributed by atoms with van der Waals surface area (Å²) < 4.78 is 36.7. The molecule has 0 heterocycles. The molecule has 0 rings (SSSR count). The van der Waals surface area contributed by atoms with Crippen LogP contribution in [0.3, 0.4) is 0 Å². The number of Topliss-reactive ketones (excluding diaryl/α,β-unsaturated/α-hetero) is 1. The molecule has 0 bridgehead atoms.